The van der Waals surface area contributed by atoms with E-state index in [1.165, 1.54) is 100 Å². The van der Waals surface area contributed by atoms with Gasteiger partial charge in [-0.15, -0.1) is 0 Å². The van der Waals surface area contributed by atoms with Crippen LogP contribution in [0.5, 0.6) is 0 Å². The topological polar surface area (TPSA) is 36.3 Å². The zero-order valence-electron chi connectivity index (χ0n) is 24.8. The molecule has 3 aromatic rings. The quantitative estimate of drug-likeness (QED) is 0.319. The molecule has 3 saturated heterocycles. The van der Waals surface area contributed by atoms with Gasteiger partial charge in [0.05, 0.1) is 11.0 Å². The summed E-state index contributed by atoms with van der Waals surface area (Å²) in [5.74, 6) is 1.18. The van der Waals surface area contributed by atoms with Crippen molar-refractivity contribution in [2.45, 2.75) is 114 Å². The summed E-state index contributed by atoms with van der Waals surface area (Å²) in [6, 6.07) is 22.7. The van der Waals surface area contributed by atoms with Gasteiger partial charge in [-0.05, 0) is 107 Å². The van der Waals surface area contributed by atoms with Crippen LogP contribution in [0.1, 0.15) is 94.5 Å². The van der Waals surface area contributed by atoms with E-state index in [9.17, 15) is 0 Å². The number of aromatic nitrogens is 2. The molecule has 0 radical (unpaired) electrons. The number of rotatable bonds is 6. The van der Waals surface area contributed by atoms with E-state index in [2.05, 4.69) is 81.2 Å². The molecule has 5 nitrogen and oxygen atoms in total. The van der Waals surface area contributed by atoms with E-state index in [0.29, 0.717) is 24.2 Å². The summed E-state index contributed by atoms with van der Waals surface area (Å²) in [7, 11) is 0. The summed E-state index contributed by atoms with van der Waals surface area (Å²) in [5, 5.41) is 4.73. The smallest absolute Gasteiger partial charge is 0.169 e. The zero-order chi connectivity index (χ0) is 27.8. The first-order valence-electron chi connectivity index (χ1n) is 16.4. The average molecular weight is 570 g/mol. The van der Waals surface area contributed by atoms with Crippen molar-refractivity contribution in [3.63, 3.8) is 0 Å². The second-order valence-electron chi connectivity index (χ2n) is 13.4. The number of aryl methyl sites for hydroxylation is 1. The van der Waals surface area contributed by atoms with E-state index in [0.717, 1.165) is 23.7 Å². The van der Waals surface area contributed by atoms with Gasteiger partial charge in [0.25, 0.3) is 0 Å². The maximum Gasteiger partial charge on any atom is 0.169 e. The Labute approximate surface area is 251 Å². The molecule has 1 aromatic heterocycles. The Morgan fingerprint density at radius 1 is 0.878 bits per heavy atom. The largest absolute Gasteiger partial charge is 0.360 e. The van der Waals surface area contributed by atoms with Crippen molar-refractivity contribution in [3.05, 3.63) is 66.0 Å². The Morgan fingerprint density at radius 2 is 1.56 bits per heavy atom. The van der Waals surface area contributed by atoms with Crippen LogP contribution in [0.4, 0.5) is 0 Å². The lowest BCUT2D eigenvalue weighted by Crippen LogP contribution is -2.52. The van der Waals surface area contributed by atoms with E-state index in [4.69, 9.17) is 17.2 Å². The fourth-order valence-corrected chi connectivity index (χ4v) is 9.26. The lowest BCUT2D eigenvalue weighted by Gasteiger charge is -2.46. The van der Waals surface area contributed by atoms with E-state index >= 15 is 0 Å². The first-order chi connectivity index (χ1) is 20.1. The minimum absolute atomic E-state index is 0.242. The van der Waals surface area contributed by atoms with Gasteiger partial charge in [0.1, 0.15) is 5.82 Å². The number of thiocarbonyl (C=S) groups is 1. The summed E-state index contributed by atoms with van der Waals surface area (Å²) < 4.78 is 2.56. The van der Waals surface area contributed by atoms with E-state index < -0.39 is 0 Å². The maximum atomic E-state index is 5.94. The molecule has 1 N–H and O–H groups in total. The van der Waals surface area contributed by atoms with Crippen molar-refractivity contribution in [2.75, 3.05) is 19.6 Å². The Hall–Kier alpha value is -2.44. The van der Waals surface area contributed by atoms with Gasteiger partial charge >= 0.3 is 0 Å². The number of imidazole rings is 1. The normalized spacial score (nSPS) is 26.9. The number of para-hydroxylation sites is 2. The molecule has 1 aliphatic carbocycles. The number of benzene rings is 2. The highest BCUT2D eigenvalue weighted by Crippen LogP contribution is 2.45. The summed E-state index contributed by atoms with van der Waals surface area (Å²) in [6.07, 6.45) is 15.5. The van der Waals surface area contributed by atoms with Crippen LogP contribution >= 0.6 is 12.2 Å². The molecule has 6 heteroatoms. The molecule has 4 heterocycles. The van der Waals surface area contributed by atoms with Crippen molar-refractivity contribution >= 4 is 28.4 Å². The van der Waals surface area contributed by atoms with Crippen LogP contribution in [0.2, 0.25) is 0 Å². The van der Waals surface area contributed by atoms with Gasteiger partial charge < -0.3 is 14.8 Å². The predicted molar refractivity (Wildman–Crippen MR) is 172 cm³/mol. The number of hydrogen-bond acceptors (Lipinski definition) is 3. The van der Waals surface area contributed by atoms with E-state index in [-0.39, 0.29) is 5.41 Å². The third kappa shape index (κ3) is 5.43. The standard InChI is InChI=1S/C35H47N5S/c1-26-36-32-14-8-9-15-33(32)40(26)31-24-29-16-17-30(25-31)39(29)23-20-35(27-10-4-2-5-11-27)18-21-38(22-19-35)34(41)37-28-12-6-3-7-13-28/h2,4-5,8-11,14-15,28-31H,3,6-7,12-13,16-25H2,1H3,(H,37,41). The van der Waals surface area contributed by atoms with Crippen LogP contribution in [0.25, 0.3) is 11.0 Å². The van der Waals surface area contributed by atoms with Crippen LogP contribution in [-0.2, 0) is 5.41 Å². The van der Waals surface area contributed by atoms with Crippen LogP contribution in [-0.4, -0.2) is 62.2 Å². The molecule has 0 amide bonds. The van der Waals surface area contributed by atoms with E-state index in [1.54, 1.807) is 0 Å². The van der Waals surface area contributed by atoms with Crippen molar-refractivity contribution in [1.82, 2.24) is 24.7 Å². The van der Waals surface area contributed by atoms with Crippen molar-refractivity contribution < 1.29 is 0 Å². The number of likely N-dealkylation sites (tertiary alicyclic amines) is 1. The number of nitrogens with one attached hydrogen (secondary N) is 1. The van der Waals surface area contributed by atoms with Gasteiger partial charge in [0, 0.05) is 37.3 Å². The molecule has 0 spiro atoms. The molecule has 7 rings (SSSR count). The van der Waals surface area contributed by atoms with E-state index in [1.807, 2.05) is 0 Å². The minimum Gasteiger partial charge on any atom is -0.360 e. The molecule has 2 unspecified atom stereocenters. The van der Waals surface area contributed by atoms with Gasteiger partial charge in [0.15, 0.2) is 5.11 Å². The fourth-order valence-electron chi connectivity index (χ4n) is 8.92. The summed E-state index contributed by atoms with van der Waals surface area (Å²) in [4.78, 5) is 10.3. The monoisotopic (exact) mass is 569 g/mol. The van der Waals surface area contributed by atoms with Crippen LogP contribution < -0.4 is 5.32 Å². The SMILES string of the molecule is Cc1nc2ccccc2n1C1CC2CCC(C1)N2CCC1(c2ccccc2)CCN(C(=S)NC2CCCCC2)CC1. The molecule has 41 heavy (non-hydrogen) atoms. The zero-order valence-corrected chi connectivity index (χ0v) is 25.6. The Balaban J connectivity index is 1.03. The average Bonchev–Trinajstić information content (AvgIpc) is 3.47. The lowest BCUT2D eigenvalue weighted by molar-refractivity contribution is 0.0887. The molecule has 2 atom stereocenters. The number of piperidine rings is 2. The second kappa shape index (κ2) is 11.7. The summed E-state index contributed by atoms with van der Waals surface area (Å²) >= 11 is 5.94. The van der Waals surface area contributed by atoms with Crippen molar-refractivity contribution in [1.29, 1.82) is 0 Å². The van der Waals surface area contributed by atoms with Crippen molar-refractivity contribution in [2.24, 2.45) is 0 Å². The Kier molecular flexibility index (Phi) is 7.81. The fraction of sp³-hybridized carbons (Fsp3) is 0.600. The van der Waals surface area contributed by atoms with Gasteiger partial charge in [0.2, 0.25) is 0 Å². The molecule has 4 fully saturated rings. The first kappa shape index (κ1) is 27.4. The molecule has 1 saturated carbocycles. The molecule has 4 aliphatic rings. The third-order valence-electron chi connectivity index (χ3n) is 11.2. The molecular weight excluding hydrogens is 522 g/mol. The lowest BCUT2D eigenvalue weighted by atomic mass is 9.70. The minimum atomic E-state index is 0.242. The van der Waals surface area contributed by atoms with Gasteiger partial charge in [-0.25, -0.2) is 4.98 Å². The molecule has 2 bridgehead atoms. The highest BCUT2D eigenvalue weighted by atomic mass is 32.1. The van der Waals surface area contributed by atoms with Gasteiger partial charge in [-0.1, -0.05) is 61.7 Å². The summed E-state index contributed by atoms with van der Waals surface area (Å²) in [5.41, 5.74) is 4.23. The van der Waals surface area contributed by atoms with Gasteiger partial charge in [-0.2, -0.15) is 0 Å². The van der Waals surface area contributed by atoms with Crippen molar-refractivity contribution in [3.8, 4) is 0 Å². The highest BCUT2D eigenvalue weighted by molar-refractivity contribution is 7.80. The molecular formula is C35H47N5S. The van der Waals surface area contributed by atoms with Crippen LogP contribution in [0, 0.1) is 6.92 Å². The first-order valence-corrected chi connectivity index (χ1v) is 16.8. The van der Waals surface area contributed by atoms with Crippen LogP contribution in [0.3, 0.4) is 0 Å². The van der Waals surface area contributed by atoms with Gasteiger partial charge in [-0.3, -0.25) is 4.90 Å². The molecule has 218 valence electrons. The summed E-state index contributed by atoms with van der Waals surface area (Å²) in [6.45, 7) is 5.54. The number of hydrogen-bond donors (Lipinski definition) is 1. The predicted octanol–water partition coefficient (Wildman–Crippen LogP) is 7.14. The number of fused-ring (bicyclic) bond motifs is 3. The number of nitrogens with zero attached hydrogens (tertiary/aromatic N) is 4. The third-order valence-corrected chi connectivity index (χ3v) is 11.5. The second-order valence-corrected chi connectivity index (χ2v) is 13.8. The highest BCUT2D eigenvalue weighted by Gasteiger charge is 2.44. The van der Waals surface area contributed by atoms with Crippen LogP contribution in [0.15, 0.2) is 54.6 Å². The molecule has 3 aliphatic heterocycles. The maximum absolute atomic E-state index is 5.94. The Morgan fingerprint density at radius 3 is 2.29 bits per heavy atom. The Bertz CT molecular complexity index is 1320. The molecule has 2 aromatic carbocycles.